The van der Waals surface area contributed by atoms with E-state index in [4.69, 9.17) is 9.47 Å². The van der Waals surface area contributed by atoms with Crippen molar-refractivity contribution in [2.24, 2.45) is 0 Å². The summed E-state index contributed by atoms with van der Waals surface area (Å²) in [6.07, 6.45) is 0. The first kappa shape index (κ1) is 14.9. The van der Waals surface area contributed by atoms with E-state index >= 15 is 0 Å². The predicted molar refractivity (Wildman–Crippen MR) is 85.3 cm³/mol. The van der Waals surface area contributed by atoms with Crippen LogP contribution in [0.4, 0.5) is 0 Å². The van der Waals surface area contributed by atoms with Crippen LogP contribution in [-0.2, 0) is 12.2 Å². The molecular formula is C18H21NO3. The summed E-state index contributed by atoms with van der Waals surface area (Å²) in [6.45, 7) is 0.915. The summed E-state index contributed by atoms with van der Waals surface area (Å²) in [5.74, 6) is 1.40. The van der Waals surface area contributed by atoms with E-state index in [1.54, 1.807) is 7.11 Å². The zero-order chi connectivity index (χ0) is 15.7. The molecule has 0 fully saturated rings. The van der Waals surface area contributed by atoms with E-state index in [-0.39, 0.29) is 0 Å². The second-order valence-electron chi connectivity index (χ2n) is 5.91. The summed E-state index contributed by atoms with van der Waals surface area (Å²) in [4.78, 5) is 1.98. The molecule has 0 spiro atoms. The number of fused-ring (bicyclic) bond motifs is 2. The highest BCUT2D eigenvalue weighted by atomic mass is 16.5. The number of hydrogen-bond acceptors (Lipinski definition) is 4. The molecule has 0 amide bonds. The fourth-order valence-electron chi connectivity index (χ4n) is 3.06. The van der Waals surface area contributed by atoms with Crippen LogP contribution in [0.25, 0.3) is 0 Å². The molecule has 4 nitrogen and oxygen atoms in total. The van der Waals surface area contributed by atoms with Crippen molar-refractivity contribution in [2.45, 2.75) is 12.2 Å². The van der Waals surface area contributed by atoms with E-state index in [0.717, 1.165) is 16.7 Å². The monoisotopic (exact) mass is 299 g/mol. The Morgan fingerprint density at radius 2 is 1.95 bits per heavy atom. The van der Waals surface area contributed by atoms with Crippen molar-refractivity contribution in [2.75, 3.05) is 27.7 Å². The summed E-state index contributed by atoms with van der Waals surface area (Å²) in [6, 6.07) is 13.5. The summed E-state index contributed by atoms with van der Waals surface area (Å²) in [5, 5.41) is 11.6. The zero-order valence-corrected chi connectivity index (χ0v) is 13.2. The number of hydrogen-bond donors (Lipinski definition) is 1. The third-order valence-electron chi connectivity index (χ3n) is 4.02. The fraction of sp³-hybridized carbons (Fsp3) is 0.333. The first-order valence-electron chi connectivity index (χ1n) is 7.31. The molecule has 1 aliphatic heterocycles. The third kappa shape index (κ3) is 2.45. The minimum atomic E-state index is -1.14. The molecule has 2 aromatic rings. The molecule has 0 saturated heterocycles. The van der Waals surface area contributed by atoms with E-state index in [2.05, 4.69) is 0 Å². The van der Waals surface area contributed by atoms with Gasteiger partial charge in [0, 0.05) is 12.1 Å². The molecule has 0 aliphatic carbocycles. The molecule has 2 aromatic carbocycles. The lowest BCUT2D eigenvalue weighted by atomic mass is 9.83. The van der Waals surface area contributed by atoms with Crippen LogP contribution in [0.5, 0.6) is 11.5 Å². The first-order chi connectivity index (χ1) is 10.5. The maximum absolute atomic E-state index is 11.6. The van der Waals surface area contributed by atoms with Crippen molar-refractivity contribution in [3.8, 4) is 11.5 Å². The predicted octanol–water partition coefficient (Wildman–Crippen LogP) is 2.39. The standard InChI is InChI=1S/C18H21NO3/c1-19(2)12-18(20)15-7-5-4-6-13(15)11-22-17-9-8-14(21-3)10-16(17)18/h4-10,20H,11-12H2,1-3H3. The highest BCUT2D eigenvalue weighted by Crippen LogP contribution is 2.42. The Labute approximate surface area is 130 Å². The van der Waals surface area contributed by atoms with E-state index in [1.165, 1.54) is 0 Å². The Balaban J connectivity index is 2.24. The Kier molecular flexibility index (Phi) is 3.81. The van der Waals surface area contributed by atoms with Crippen LogP contribution in [0.1, 0.15) is 16.7 Å². The molecule has 1 aliphatic rings. The van der Waals surface area contributed by atoms with Gasteiger partial charge in [0.05, 0.1) is 7.11 Å². The highest BCUT2D eigenvalue weighted by molar-refractivity contribution is 5.52. The highest BCUT2D eigenvalue weighted by Gasteiger charge is 2.39. The molecule has 4 heteroatoms. The van der Waals surface area contributed by atoms with Gasteiger partial charge in [0.25, 0.3) is 0 Å². The van der Waals surface area contributed by atoms with E-state index in [0.29, 0.717) is 24.7 Å². The van der Waals surface area contributed by atoms with Gasteiger partial charge in [-0.2, -0.15) is 0 Å². The summed E-state index contributed by atoms with van der Waals surface area (Å²) >= 11 is 0. The van der Waals surface area contributed by atoms with E-state index in [1.807, 2.05) is 61.5 Å². The Morgan fingerprint density at radius 1 is 1.18 bits per heavy atom. The van der Waals surface area contributed by atoms with Gasteiger partial charge in [-0.05, 0) is 43.4 Å². The van der Waals surface area contributed by atoms with Gasteiger partial charge in [-0.3, -0.25) is 0 Å². The molecular weight excluding hydrogens is 278 g/mol. The van der Waals surface area contributed by atoms with Crippen molar-refractivity contribution in [1.82, 2.24) is 4.90 Å². The number of nitrogens with zero attached hydrogens (tertiary/aromatic N) is 1. The molecule has 0 bridgehead atoms. The van der Waals surface area contributed by atoms with Crippen molar-refractivity contribution in [3.63, 3.8) is 0 Å². The number of likely N-dealkylation sites (N-methyl/N-ethyl adjacent to an activating group) is 1. The van der Waals surface area contributed by atoms with Crippen LogP contribution in [0.15, 0.2) is 42.5 Å². The number of aliphatic hydroxyl groups is 1. The van der Waals surface area contributed by atoms with Crippen LogP contribution in [0.2, 0.25) is 0 Å². The van der Waals surface area contributed by atoms with Crippen molar-refractivity contribution in [3.05, 3.63) is 59.2 Å². The summed E-state index contributed by atoms with van der Waals surface area (Å²) in [5.41, 5.74) is 1.49. The van der Waals surface area contributed by atoms with Gasteiger partial charge in [-0.1, -0.05) is 24.3 Å². The molecule has 1 unspecified atom stereocenters. The molecule has 22 heavy (non-hydrogen) atoms. The molecule has 0 saturated carbocycles. The molecule has 116 valence electrons. The molecule has 0 aromatic heterocycles. The lowest BCUT2D eigenvalue weighted by Crippen LogP contribution is -2.39. The van der Waals surface area contributed by atoms with Crippen molar-refractivity contribution in [1.29, 1.82) is 0 Å². The second kappa shape index (κ2) is 5.63. The van der Waals surface area contributed by atoms with Gasteiger partial charge in [0.2, 0.25) is 0 Å². The molecule has 3 rings (SSSR count). The van der Waals surface area contributed by atoms with Gasteiger partial charge >= 0.3 is 0 Å². The zero-order valence-electron chi connectivity index (χ0n) is 13.2. The number of methoxy groups -OCH3 is 1. The van der Waals surface area contributed by atoms with Crippen LogP contribution in [-0.4, -0.2) is 37.8 Å². The average molecular weight is 299 g/mol. The van der Waals surface area contributed by atoms with Gasteiger partial charge in [0.1, 0.15) is 23.7 Å². The van der Waals surface area contributed by atoms with Gasteiger partial charge in [-0.15, -0.1) is 0 Å². The maximum atomic E-state index is 11.6. The molecule has 1 heterocycles. The number of rotatable bonds is 3. The van der Waals surface area contributed by atoms with E-state index in [9.17, 15) is 5.11 Å². The molecule has 1 atom stereocenters. The molecule has 1 N–H and O–H groups in total. The van der Waals surface area contributed by atoms with Crippen LogP contribution in [0, 0.1) is 0 Å². The Hall–Kier alpha value is -2.04. The van der Waals surface area contributed by atoms with Gasteiger partial charge < -0.3 is 19.5 Å². The fourth-order valence-corrected chi connectivity index (χ4v) is 3.06. The van der Waals surface area contributed by atoms with Crippen LogP contribution < -0.4 is 9.47 Å². The lowest BCUT2D eigenvalue weighted by molar-refractivity contribution is 0.0506. The SMILES string of the molecule is COc1ccc2c(c1)C(O)(CN(C)C)c1ccccc1CO2. The quantitative estimate of drug-likeness (QED) is 0.945. The summed E-state index contributed by atoms with van der Waals surface area (Å²) in [7, 11) is 5.52. The maximum Gasteiger partial charge on any atom is 0.131 e. The second-order valence-corrected chi connectivity index (χ2v) is 5.91. The summed E-state index contributed by atoms with van der Waals surface area (Å²) < 4.78 is 11.2. The van der Waals surface area contributed by atoms with Crippen LogP contribution in [0.3, 0.4) is 0 Å². The van der Waals surface area contributed by atoms with Crippen LogP contribution >= 0.6 is 0 Å². The van der Waals surface area contributed by atoms with E-state index < -0.39 is 5.60 Å². The molecule has 0 radical (unpaired) electrons. The minimum absolute atomic E-state index is 0.450. The topological polar surface area (TPSA) is 41.9 Å². The minimum Gasteiger partial charge on any atom is -0.497 e. The van der Waals surface area contributed by atoms with Crippen molar-refractivity contribution >= 4 is 0 Å². The lowest BCUT2D eigenvalue weighted by Gasteiger charge is -2.32. The number of benzene rings is 2. The van der Waals surface area contributed by atoms with Crippen molar-refractivity contribution < 1.29 is 14.6 Å². The Morgan fingerprint density at radius 3 is 2.68 bits per heavy atom. The first-order valence-corrected chi connectivity index (χ1v) is 7.31. The van der Waals surface area contributed by atoms with Gasteiger partial charge in [-0.25, -0.2) is 0 Å². The van der Waals surface area contributed by atoms with Gasteiger partial charge in [0.15, 0.2) is 0 Å². The smallest absolute Gasteiger partial charge is 0.131 e. The third-order valence-corrected chi connectivity index (χ3v) is 4.02. The largest absolute Gasteiger partial charge is 0.497 e. The normalized spacial score (nSPS) is 19.9. The number of ether oxygens (including phenoxy) is 2. The average Bonchev–Trinajstić information content (AvgIpc) is 2.63. The Bertz CT molecular complexity index is 684.